The highest BCUT2D eigenvalue weighted by atomic mass is 35.5. The van der Waals surface area contributed by atoms with E-state index in [-0.39, 0.29) is 23.2 Å². The number of carboxylic acid groups (broad SMARTS) is 1. The predicted octanol–water partition coefficient (Wildman–Crippen LogP) is 8.09. The Morgan fingerprint density at radius 2 is 1.54 bits per heavy atom. The topological polar surface area (TPSA) is 77.0 Å². The number of amides is 1. The van der Waals surface area contributed by atoms with Gasteiger partial charge in [-0.05, 0) is 90.7 Å². The molecular formula is C40H51ClN4O3. The number of benzene rings is 2. The summed E-state index contributed by atoms with van der Waals surface area (Å²) in [7, 11) is 0. The maximum atomic E-state index is 14.5. The van der Waals surface area contributed by atoms with Gasteiger partial charge in [0.25, 0.3) is 5.91 Å². The van der Waals surface area contributed by atoms with Crippen LogP contribution in [0.2, 0.25) is 5.02 Å². The molecule has 1 amide bonds. The Kier molecular flexibility index (Phi) is 9.67. The highest BCUT2D eigenvalue weighted by Crippen LogP contribution is 2.43. The molecule has 48 heavy (non-hydrogen) atoms. The molecule has 0 spiro atoms. The number of likely N-dealkylation sites (tertiary alicyclic amines) is 1. The summed E-state index contributed by atoms with van der Waals surface area (Å²) < 4.78 is 0. The predicted molar refractivity (Wildman–Crippen MR) is 194 cm³/mol. The van der Waals surface area contributed by atoms with Gasteiger partial charge in [0.15, 0.2) is 0 Å². The number of piperidine rings is 2. The highest BCUT2D eigenvalue weighted by Gasteiger charge is 2.35. The van der Waals surface area contributed by atoms with E-state index in [9.17, 15) is 14.7 Å². The van der Waals surface area contributed by atoms with Gasteiger partial charge in [0.2, 0.25) is 0 Å². The number of halogens is 1. The lowest BCUT2D eigenvalue weighted by Gasteiger charge is -2.41. The van der Waals surface area contributed by atoms with E-state index in [1.807, 2.05) is 24.0 Å². The number of anilines is 1. The molecule has 1 aromatic heterocycles. The highest BCUT2D eigenvalue weighted by molar-refractivity contribution is 6.31. The smallest absolute Gasteiger partial charge is 0.307 e. The third kappa shape index (κ3) is 7.28. The van der Waals surface area contributed by atoms with Gasteiger partial charge in [-0.2, -0.15) is 0 Å². The van der Waals surface area contributed by atoms with E-state index < -0.39 is 5.97 Å². The van der Waals surface area contributed by atoms with Crippen LogP contribution in [0, 0.1) is 24.7 Å². The number of fused-ring (bicyclic) bond motifs is 1. The normalized spacial score (nSPS) is 19.2. The number of carbonyl (C=O) groups excluding carboxylic acids is 1. The average Bonchev–Trinajstić information content (AvgIpc) is 3.03. The molecule has 2 fully saturated rings. The summed E-state index contributed by atoms with van der Waals surface area (Å²) in [6, 6.07) is 12.7. The van der Waals surface area contributed by atoms with Crippen molar-refractivity contribution in [2.24, 2.45) is 10.8 Å². The Morgan fingerprint density at radius 1 is 0.875 bits per heavy atom. The minimum atomic E-state index is -0.888. The summed E-state index contributed by atoms with van der Waals surface area (Å²) in [5.41, 5.74) is 9.76. The molecule has 0 atom stereocenters. The fourth-order valence-corrected chi connectivity index (χ4v) is 7.94. The van der Waals surface area contributed by atoms with Crippen molar-refractivity contribution in [2.45, 2.75) is 93.2 Å². The third-order valence-corrected chi connectivity index (χ3v) is 11.5. The number of aryl methyl sites for hydroxylation is 2. The SMILES string of the molecule is Cc1cccc(Cl)c1CN1CCc2cc(-c3c(C(=O)N4CCC(C)(C)CC4)nc(C)c(CC(=O)O)c3N3CCC(C)(C)CC3)ccc2C1. The molecule has 3 aliphatic heterocycles. The van der Waals surface area contributed by atoms with E-state index >= 15 is 0 Å². The van der Waals surface area contributed by atoms with E-state index in [0.717, 1.165) is 86.7 Å². The Balaban J connectivity index is 1.43. The molecule has 7 nitrogen and oxygen atoms in total. The van der Waals surface area contributed by atoms with E-state index in [4.69, 9.17) is 16.6 Å². The van der Waals surface area contributed by atoms with Crippen LogP contribution in [0.15, 0.2) is 36.4 Å². The zero-order valence-electron chi connectivity index (χ0n) is 29.6. The van der Waals surface area contributed by atoms with Crippen LogP contribution in [0.1, 0.15) is 97.4 Å². The number of pyridine rings is 1. The number of hydrogen-bond acceptors (Lipinski definition) is 5. The van der Waals surface area contributed by atoms with Gasteiger partial charge in [-0.25, -0.2) is 4.98 Å². The maximum Gasteiger partial charge on any atom is 0.307 e. The Morgan fingerprint density at radius 3 is 2.19 bits per heavy atom. The summed E-state index contributed by atoms with van der Waals surface area (Å²) in [6.07, 6.45) is 4.63. The first kappa shape index (κ1) is 34.4. The number of aromatic nitrogens is 1. The number of rotatable bonds is 7. The standard InChI is InChI=1S/C40H51ClN4O3/c1-26-8-7-9-33(41)32(26)25-43-17-12-28-22-29(10-11-30(28)24-43)35-36(38(48)45-20-15-40(5,6)16-21-45)42-27(2)31(23-34(46)47)37(35)44-18-13-39(3,4)14-19-44/h7-11,22H,12-21,23-25H2,1-6H3,(H,46,47). The Bertz CT molecular complexity index is 1690. The van der Waals surface area contributed by atoms with Crippen LogP contribution in [0.5, 0.6) is 0 Å². The first-order chi connectivity index (χ1) is 22.7. The zero-order valence-corrected chi connectivity index (χ0v) is 30.3. The molecule has 8 heteroatoms. The maximum absolute atomic E-state index is 14.5. The second kappa shape index (κ2) is 13.5. The summed E-state index contributed by atoms with van der Waals surface area (Å²) in [4.78, 5) is 38.5. The van der Waals surface area contributed by atoms with Gasteiger partial charge >= 0.3 is 5.97 Å². The number of carbonyl (C=O) groups is 2. The van der Waals surface area contributed by atoms with Crippen LogP contribution in [0.4, 0.5) is 5.69 Å². The molecule has 4 heterocycles. The van der Waals surface area contributed by atoms with Crippen molar-refractivity contribution < 1.29 is 14.7 Å². The van der Waals surface area contributed by atoms with Crippen molar-refractivity contribution in [1.82, 2.24) is 14.8 Å². The second-order valence-corrected chi connectivity index (χ2v) is 16.3. The molecule has 0 radical (unpaired) electrons. The molecule has 0 bridgehead atoms. The number of carboxylic acids is 1. The molecule has 0 aliphatic carbocycles. The van der Waals surface area contributed by atoms with Gasteiger partial charge in [0, 0.05) is 67.7 Å². The van der Waals surface area contributed by atoms with Crippen LogP contribution < -0.4 is 4.90 Å². The lowest BCUT2D eigenvalue weighted by Crippen LogP contribution is -2.42. The van der Waals surface area contributed by atoms with E-state index in [2.05, 4.69) is 68.7 Å². The van der Waals surface area contributed by atoms with Gasteiger partial charge in [0.05, 0.1) is 12.1 Å². The number of aliphatic carboxylic acids is 1. The third-order valence-electron chi connectivity index (χ3n) is 11.2. The first-order valence-corrected chi connectivity index (χ1v) is 18.0. The molecule has 0 saturated carbocycles. The van der Waals surface area contributed by atoms with Gasteiger partial charge < -0.3 is 14.9 Å². The van der Waals surface area contributed by atoms with E-state index in [1.165, 1.54) is 22.3 Å². The van der Waals surface area contributed by atoms with Crippen molar-refractivity contribution in [3.8, 4) is 11.1 Å². The minimum absolute atomic E-state index is 0.0527. The van der Waals surface area contributed by atoms with Crippen molar-refractivity contribution >= 4 is 29.2 Å². The molecule has 3 aromatic rings. The van der Waals surface area contributed by atoms with Crippen LogP contribution in [0.3, 0.4) is 0 Å². The average molecular weight is 671 g/mol. The van der Waals surface area contributed by atoms with Gasteiger partial charge in [-0.1, -0.05) is 69.6 Å². The molecule has 6 rings (SSSR count). The van der Waals surface area contributed by atoms with Gasteiger partial charge in [-0.3, -0.25) is 14.5 Å². The van der Waals surface area contributed by atoms with Crippen LogP contribution in [-0.2, 0) is 30.7 Å². The lowest BCUT2D eigenvalue weighted by atomic mass is 9.81. The number of nitrogens with zero attached hydrogens (tertiary/aromatic N) is 4. The molecule has 2 aromatic carbocycles. The van der Waals surface area contributed by atoms with Crippen molar-refractivity contribution in [1.29, 1.82) is 0 Å². The van der Waals surface area contributed by atoms with Crippen LogP contribution in [-0.4, -0.2) is 64.5 Å². The molecule has 256 valence electrons. The van der Waals surface area contributed by atoms with Crippen molar-refractivity contribution in [3.05, 3.63) is 80.6 Å². The van der Waals surface area contributed by atoms with Gasteiger partial charge in [-0.15, -0.1) is 0 Å². The lowest BCUT2D eigenvalue weighted by molar-refractivity contribution is -0.136. The first-order valence-electron chi connectivity index (χ1n) is 17.6. The van der Waals surface area contributed by atoms with Crippen molar-refractivity contribution in [3.63, 3.8) is 0 Å². The zero-order chi connectivity index (χ0) is 34.4. The second-order valence-electron chi connectivity index (χ2n) is 15.9. The molecule has 3 aliphatic rings. The Labute approximate surface area is 291 Å². The Hall–Kier alpha value is -3.42. The van der Waals surface area contributed by atoms with E-state index in [0.29, 0.717) is 30.0 Å². The molecule has 1 N–H and O–H groups in total. The van der Waals surface area contributed by atoms with Crippen LogP contribution in [0.25, 0.3) is 11.1 Å². The van der Waals surface area contributed by atoms with E-state index in [1.54, 1.807) is 0 Å². The van der Waals surface area contributed by atoms with Crippen molar-refractivity contribution in [2.75, 3.05) is 37.6 Å². The molecule has 2 saturated heterocycles. The quantitative estimate of drug-likeness (QED) is 0.274. The summed E-state index contributed by atoms with van der Waals surface area (Å²) in [5, 5.41) is 10.9. The van der Waals surface area contributed by atoms with Crippen LogP contribution >= 0.6 is 11.6 Å². The molecule has 0 unspecified atom stereocenters. The van der Waals surface area contributed by atoms with Gasteiger partial charge in [0.1, 0.15) is 5.69 Å². The largest absolute Gasteiger partial charge is 0.481 e. The summed E-state index contributed by atoms with van der Waals surface area (Å²) in [6.45, 7) is 18.7. The fourth-order valence-electron chi connectivity index (χ4n) is 7.66. The number of hydrogen-bond donors (Lipinski definition) is 1. The fraction of sp³-hybridized carbons (Fsp3) is 0.525. The summed E-state index contributed by atoms with van der Waals surface area (Å²) in [5.74, 6) is -0.941. The molecular weight excluding hydrogens is 620 g/mol. The monoisotopic (exact) mass is 670 g/mol. The summed E-state index contributed by atoms with van der Waals surface area (Å²) >= 11 is 6.59. The minimum Gasteiger partial charge on any atom is -0.481 e.